The van der Waals surface area contributed by atoms with E-state index in [-0.39, 0.29) is 41.0 Å². The molecule has 0 radical (unpaired) electrons. The molecule has 0 unspecified atom stereocenters. The minimum absolute atomic E-state index is 0.0447. The third kappa shape index (κ3) is 6.56. The number of nitrogens with one attached hydrogen (secondary N) is 4. The summed E-state index contributed by atoms with van der Waals surface area (Å²) in [5, 5.41) is 12.1. The summed E-state index contributed by atoms with van der Waals surface area (Å²) in [6.45, 7) is 18.7. The molecular formula is C30H49BN4O4. The van der Waals surface area contributed by atoms with Gasteiger partial charge in [-0.05, 0) is 80.9 Å². The number of urea groups is 1. The Morgan fingerprint density at radius 2 is 1.85 bits per heavy atom. The summed E-state index contributed by atoms with van der Waals surface area (Å²) >= 11 is 0. The molecule has 4 saturated carbocycles. The minimum Gasteiger partial charge on any atom is -0.404 e. The first-order valence-corrected chi connectivity index (χ1v) is 14.9. The van der Waals surface area contributed by atoms with E-state index in [0.717, 1.165) is 32.1 Å². The monoisotopic (exact) mass is 540 g/mol. The molecule has 9 heteroatoms. The SMILES string of the molecule is C=CNC(=C)/C=C\C[C@H](NC(=O)NC1CCCC1)C(=O)N[C@@H](CC(C)C)B1O[C@@H]2C[C@@H]3C[C@@H](C3(C)C)[C@]2(C)O1. The number of rotatable bonds is 12. The van der Waals surface area contributed by atoms with Crippen LogP contribution in [0.2, 0.25) is 0 Å². The maximum absolute atomic E-state index is 13.7. The number of hydrogen-bond donors (Lipinski definition) is 4. The highest BCUT2D eigenvalue weighted by atomic mass is 16.7. The number of amides is 3. The number of allylic oxidation sites excluding steroid dienone is 1. The van der Waals surface area contributed by atoms with Crippen LogP contribution in [-0.4, -0.2) is 48.8 Å². The van der Waals surface area contributed by atoms with Crippen LogP contribution >= 0.6 is 0 Å². The second kappa shape index (κ2) is 12.1. The summed E-state index contributed by atoms with van der Waals surface area (Å²) in [6, 6.07) is -0.901. The maximum atomic E-state index is 13.7. The molecule has 0 aromatic heterocycles. The average Bonchev–Trinajstić information content (AvgIpc) is 3.49. The van der Waals surface area contributed by atoms with E-state index in [9.17, 15) is 9.59 Å². The summed E-state index contributed by atoms with van der Waals surface area (Å²) in [5.41, 5.74) is 0.559. The molecule has 4 N–H and O–H groups in total. The van der Waals surface area contributed by atoms with Crippen molar-refractivity contribution in [2.24, 2.45) is 23.2 Å². The fraction of sp³-hybridized carbons (Fsp3) is 0.733. The van der Waals surface area contributed by atoms with E-state index in [1.165, 1.54) is 6.42 Å². The van der Waals surface area contributed by atoms with Gasteiger partial charge in [-0.25, -0.2) is 4.79 Å². The zero-order chi connectivity index (χ0) is 28.4. The normalized spacial score (nSPS) is 30.8. The molecule has 2 bridgehead atoms. The molecule has 1 saturated heterocycles. The molecule has 4 aliphatic carbocycles. The van der Waals surface area contributed by atoms with Crippen LogP contribution in [0.1, 0.15) is 86.0 Å². The third-order valence-electron chi connectivity index (χ3n) is 9.64. The highest BCUT2D eigenvalue weighted by Crippen LogP contribution is 2.65. The van der Waals surface area contributed by atoms with Crippen LogP contribution in [0.3, 0.4) is 0 Å². The first kappa shape index (κ1) is 29.7. The topological polar surface area (TPSA) is 101 Å². The quantitative estimate of drug-likeness (QED) is 0.214. The zero-order valence-electron chi connectivity index (χ0n) is 24.6. The van der Waals surface area contributed by atoms with Crippen molar-refractivity contribution in [2.45, 2.75) is 116 Å². The van der Waals surface area contributed by atoms with Gasteiger partial charge in [-0.15, -0.1) is 0 Å². The van der Waals surface area contributed by atoms with Crippen molar-refractivity contribution >= 4 is 19.1 Å². The van der Waals surface area contributed by atoms with Gasteiger partial charge in [0, 0.05) is 11.7 Å². The van der Waals surface area contributed by atoms with Crippen LogP contribution in [-0.2, 0) is 14.1 Å². The molecule has 0 spiro atoms. The maximum Gasteiger partial charge on any atom is 0.481 e. The third-order valence-corrected chi connectivity index (χ3v) is 9.64. The van der Waals surface area contributed by atoms with Crippen molar-refractivity contribution in [3.8, 4) is 0 Å². The van der Waals surface area contributed by atoms with Gasteiger partial charge in [0.2, 0.25) is 5.91 Å². The van der Waals surface area contributed by atoms with Gasteiger partial charge in [-0.2, -0.15) is 0 Å². The van der Waals surface area contributed by atoms with Gasteiger partial charge in [0.15, 0.2) is 0 Å². The van der Waals surface area contributed by atoms with Gasteiger partial charge in [-0.3, -0.25) is 4.79 Å². The summed E-state index contributed by atoms with van der Waals surface area (Å²) in [5.74, 6) is 0.874. The van der Waals surface area contributed by atoms with Crippen LogP contribution in [0.25, 0.3) is 0 Å². The van der Waals surface area contributed by atoms with Crippen LogP contribution in [0.4, 0.5) is 4.79 Å². The fourth-order valence-corrected chi connectivity index (χ4v) is 7.31. The largest absolute Gasteiger partial charge is 0.481 e. The van der Waals surface area contributed by atoms with Crippen LogP contribution in [0.5, 0.6) is 0 Å². The van der Waals surface area contributed by atoms with Crippen molar-refractivity contribution in [1.29, 1.82) is 0 Å². The van der Waals surface area contributed by atoms with Crippen molar-refractivity contribution in [1.82, 2.24) is 21.3 Å². The van der Waals surface area contributed by atoms with Gasteiger partial charge in [0.05, 0.1) is 17.6 Å². The summed E-state index contributed by atoms with van der Waals surface area (Å²) < 4.78 is 13.2. The van der Waals surface area contributed by atoms with Crippen LogP contribution in [0.15, 0.2) is 37.2 Å². The zero-order valence-corrected chi connectivity index (χ0v) is 24.6. The molecule has 6 atom stereocenters. The van der Waals surface area contributed by atoms with Gasteiger partial charge in [0.25, 0.3) is 0 Å². The molecule has 5 aliphatic rings. The molecule has 5 fully saturated rings. The minimum atomic E-state index is -0.750. The van der Waals surface area contributed by atoms with Gasteiger partial charge < -0.3 is 30.6 Å². The Morgan fingerprint density at radius 1 is 1.13 bits per heavy atom. The lowest BCUT2D eigenvalue weighted by molar-refractivity contribution is -0.199. The van der Waals surface area contributed by atoms with E-state index in [0.29, 0.717) is 36.3 Å². The first-order valence-electron chi connectivity index (χ1n) is 14.9. The lowest BCUT2D eigenvalue weighted by atomic mass is 9.43. The second-order valence-corrected chi connectivity index (χ2v) is 13.2. The van der Waals surface area contributed by atoms with E-state index < -0.39 is 13.2 Å². The van der Waals surface area contributed by atoms with E-state index >= 15 is 0 Å². The summed E-state index contributed by atoms with van der Waals surface area (Å²) in [7, 11) is -0.512. The molecule has 1 heterocycles. The molecule has 39 heavy (non-hydrogen) atoms. The standard InChI is InChI=1S/C30H49BN4O4/c1-8-32-20(4)12-11-15-23(34-28(37)33-22-13-9-10-14-22)27(36)35-26(16-19(2)3)31-38-25-18-21-17-24(29(21,5)6)30(25,7)39-31/h8,11-12,19,21-26,32H,1,4,9-10,13-18H2,2-3,5-7H3,(H,35,36)(H2,33,34,37)/b12-11-/t21-,23-,24-,25+,26-,30-/m0/s1. The first-order chi connectivity index (χ1) is 18.4. The predicted molar refractivity (Wildman–Crippen MR) is 155 cm³/mol. The Morgan fingerprint density at radius 3 is 2.49 bits per heavy atom. The smallest absolute Gasteiger partial charge is 0.404 e. The number of hydrogen-bond acceptors (Lipinski definition) is 5. The molecular weight excluding hydrogens is 491 g/mol. The lowest BCUT2D eigenvalue weighted by Crippen LogP contribution is -2.65. The lowest BCUT2D eigenvalue weighted by Gasteiger charge is -2.64. The Hall–Kier alpha value is -2.26. The molecule has 0 aromatic rings. The van der Waals surface area contributed by atoms with Crippen molar-refractivity contribution in [2.75, 3.05) is 0 Å². The van der Waals surface area contributed by atoms with E-state index in [4.69, 9.17) is 9.31 Å². The highest BCUT2D eigenvalue weighted by molar-refractivity contribution is 6.48. The average molecular weight is 541 g/mol. The predicted octanol–water partition coefficient (Wildman–Crippen LogP) is 4.59. The van der Waals surface area contributed by atoms with E-state index in [1.54, 1.807) is 12.3 Å². The molecule has 216 valence electrons. The van der Waals surface area contributed by atoms with E-state index in [2.05, 4.69) is 69.0 Å². The highest BCUT2D eigenvalue weighted by Gasteiger charge is 2.68. The van der Waals surface area contributed by atoms with Crippen molar-refractivity contribution in [3.63, 3.8) is 0 Å². The van der Waals surface area contributed by atoms with Gasteiger partial charge in [0.1, 0.15) is 6.04 Å². The van der Waals surface area contributed by atoms with Gasteiger partial charge >= 0.3 is 13.1 Å². The summed E-state index contributed by atoms with van der Waals surface area (Å²) in [4.78, 5) is 26.5. The molecule has 5 rings (SSSR count). The van der Waals surface area contributed by atoms with Crippen molar-refractivity contribution in [3.05, 3.63) is 37.2 Å². The van der Waals surface area contributed by atoms with Crippen molar-refractivity contribution < 1.29 is 18.9 Å². The number of carbonyl (C=O) groups excluding carboxylic acids is 2. The Balaban J connectivity index is 1.45. The van der Waals surface area contributed by atoms with Crippen LogP contribution < -0.4 is 21.3 Å². The Kier molecular flexibility index (Phi) is 9.21. The Labute approximate surface area is 235 Å². The fourth-order valence-electron chi connectivity index (χ4n) is 7.31. The molecule has 3 amide bonds. The molecule has 8 nitrogen and oxygen atoms in total. The van der Waals surface area contributed by atoms with E-state index in [1.807, 2.05) is 6.08 Å². The molecule has 1 aliphatic heterocycles. The van der Waals surface area contributed by atoms with Gasteiger partial charge in [-0.1, -0.05) is 59.8 Å². The molecule has 0 aromatic carbocycles. The number of carbonyl (C=O) groups is 2. The summed E-state index contributed by atoms with van der Waals surface area (Å²) in [6.07, 6.45) is 12.6. The second-order valence-electron chi connectivity index (χ2n) is 13.2. The Bertz CT molecular complexity index is 963. The van der Waals surface area contributed by atoms with Crippen LogP contribution in [0, 0.1) is 23.2 Å².